The monoisotopic (exact) mass is 460 g/mol. The molecule has 1 aliphatic rings. The number of ether oxygens (including phenoxy) is 2. The van der Waals surface area contributed by atoms with Crippen molar-refractivity contribution in [3.63, 3.8) is 0 Å². The molecule has 2 aromatic heterocycles. The van der Waals surface area contributed by atoms with Crippen molar-refractivity contribution in [2.24, 2.45) is 11.1 Å². The Bertz CT molecular complexity index is 1250. The molecular formula is C25H25FN6O2. The maximum absolute atomic E-state index is 13.6. The highest BCUT2D eigenvalue weighted by Gasteiger charge is 2.34. The topological polar surface area (TPSA) is 111 Å². The highest BCUT2D eigenvalue weighted by Crippen LogP contribution is 2.35. The van der Waals surface area contributed by atoms with E-state index in [1.807, 2.05) is 37.3 Å². The molecule has 5 rings (SSSR count). The Labute approximate surface area is 196 Å². The van der Waals surface area contributed by atoms with Crippen LogP contribution >= 0.6 is 0 Å². The zero-order valence-corrected chi connectivity index (χ0v) is 18.7. The second-order valence-corrected chi connectivity index (χ2v) is 8.58. The Morgan fingerprint density at radius 1 is 1.06 bits per heavy atom. The van der Waals surface area contributed by atoms with Gasteiger partial charge in [0.25, 0.3) is 0 Å². The van der Waals surface area contributed by atoms with Crippen LogP contribution in [0.15, 0.2) is 66.9 Å². The fourth-order valence-electron chi connectivity index (χ4n) is 3.63. The van der Waals surface area contributed by atoms with E-state index in [9.17, 15) is 4.39 Å². The first kappa shape index (κ1) is 22.1. The summed E-state index contributed by atoms with van der Waals surface area (Å²) in [6, 6.07) is 17.6. The predicted octanol–water partition coefficient (Wildman–Crippen LogP) is 4.43. The van der Waals surface area contributed by atoms with E-state index in [4.69, 9.17) is 20.2 Å². The molecule has 8 nitrogen and oxygen atoms in total. The van der Waals surface area contributed by atoms with Gasteiger partial charge in [0, 0.05) is 29.4 Å². The van der Waals surface area contributed by atoms with Crippen molar-refractivity contribution in [3.8, 4) is 22.6 Å². The number of aromatic amines is 1. The molecule has 3 heterocycles. The van der Waals surface area contributed by atoms with Crippen molar-refractivity contribution < 1.29 is 13.9 Å². The van der Waals surface area contributed by atoms with Crippen LogP contribution in [0.4, 0.5) is 16.0 Å². The van der Waals surface area contributed by atoms with Gasteiger partial charge in [-0.3, -0.25) is 0 Å². The highest BCUT2D eigenvalue weighted by atomic mass is 19.1. The summed E-state index contributed by atoms with van der Waals surface area (Å²) in [6.45, 7) is 3.38. The quantitative estimate of drug-likeness (QED) is 0.390. The maximum Gasteiger partial charge on any atom is 0.227 e. The van der Waals surface area contributed by atoms with E-state index in [1.165, 1.54) is 12.1 Å². The van der Waals surface area contributed by atoms with Gasteiger partial charge in [0.05, 0.1) is 30.3 Å². The lowest BCUT2D eigenvalue weighted by Gasteiger charge is -2.35. The van der Waals surface area contributed by atoms with E-state index in [0.717, 1.165) is 11.3 Å². The molecule has 0 saturated carbocycles. The SMILES string of the molecule is CC1(CN)COC(c2nc(-c3ccc(F)cc3)c(-c3ccnc(Nc4ccccc4)n3)[nH]2)OC1. The summed E-state index contributed by atoms with van der Waals surface area (Å²) in [5.74, 6) is 0.621. The molecule has 0 atom stereocenters. The van der Waals surface area contributed by atoms with E-state index >= 15 is 0 Å². The highest BCUT2D eigenvalue weighted by molar-refractivity contribution is 5.77. The van der Waals surface area contributed by atoms with E-state index < -0.39 is 6.29 Å². The lowest BCUT2D eigenvalue weighted by Crippen LogP contribution is -2.42. The van der Waals surface area contributed by atoms with Crippen LogP contribution in [-0.4, -0.2) is 39.7 Å². The zero-order chi connectivity index (χ0) is 23.5. The van der Waals surface area contributed by atoms with Crippen LogP contribution in [0.3, 0.4) is 0 Å². The number of imidazole rings is 1. The Balaban J connectivity index is 1.51. The van der Waals surface area contributed by atoms with Gasteiger partial charge in [-0.05, 0) is 42.5 Å². The summed E-state index contributed by atoms with van der Waals surface area (Å²) in [6.07, 6.45) is 0.999. The molecule has 4 aromatic rings. The number of anilines is 2. The number of para-hydroxylation sites is 1. The smallest absolute Gasteiger partial charge is 0.227 e. The first-order valence-electron chi connectivity index (χ1n) is 11.0. The van der Waals surface area contributed by atoms with Gasteiger partial charge in [-0.15, -0.1) is 0 Å². The van der Waals surface area contributed by atoms with Crippen molar-refractivity contribution in [3.05, 3.63) is 78.5 Å². The van der Waals surface area contributed by atoms with Crippen LogP contribution < -0.4 is 11.1 Å². The Morgan fingerprint density at radius 2 is 1.79 bits per heavy atom. The molecule has 34 heavy (non-hydrogen) atoms. The number of hydrogen-bond donors (Lipinski definition) is 3. The minimum atomic E-state index is -0.670. The maximum atomic E-state index is 13.6. The number of halogens is 1. The molecule has 1 saturated heterocycles. The van der Waals surface area contributed by atoms with E-state index in [2.05, 4.69) is 20.3 Å². The van der Waals surface area contributed by atoms with Crippen LogP contribution in [0.25, 0.3) is 22.6 Å². The van der Waals surface area contributed by atoms with E-state index in [-0.39, 0.29) is 11.2 Å². The van der Waals surface area contributed by atoms with Gasteiger partial charge in [0.2, 0.25) is 12.2 Å². The third-order valence-corrected chi connectivity index (χ3v) is 5.66. The Hall–Kier alpha value is -3.66. The molecule has 0 aliphatic carbocycles. The summed E-state index contributed by atoms with van der Waals surface area (Å²) < 4.78 is 25.4. The first-order chi connectivity index (χ1) is 16.5. The normalized spacial score (nSPS) is 20.3. The molecule has 0 unspecified atom stereocenters. The van der Waals surface area contributed by atoms with Crippen LogP contribution in [0.5, 0.6) is 0 Å². The molecular weight excluding hydrogens is 435 g/mol. The molecule has 0 spiro atoms. The molecule has 174 valence electrons. The van der Waals surface area contributed by atoms with Crippen LogP contribution in [-0.2, 0) is 9.47 Å². The largest absolute Gasteiger partial charge is 0.345 e. The summed E-state index contributed by atoms with van der Waals surface area (Å²) >= 11 is 0. The predicted molar refractivity (Wildman–Crippen MR) is 127 cm³/mol. The molecule has 0 amide bonds. The molecule has 2 aromatic carbocycles. The van der Waals surface area contributed by atoms with Crippen molar-refractivity contribution in [2.45, 2.75) is 13.2 Å². The minimum Gasteiger partial charge on any atom is -0.345 e. The van der Waals surface area contributed by atoms with Crippen molar-refractivity contribution in [1.29, 1.82) is 0 Å². The summed E-state index contributed by atoms with van der Waals surface area (Å²) in [5, 5.41) is 3.20. The van der Waals surface area contributed by atoms with E-state index in [1.54, 1.807) is 24.4 Å². The fraction of sp³-hybridized carbons (Fsp3) is 0.240. The standard InChI is InChI=1S/C25H25FN6O2/c1-25(13-27)14-33-23(34-15-25)22-31-20(16-7-9-17(26)10-8-16)21(32-22)19-11-12-28-24(30-19)29-18-5-3-2-4-6-18/h2-12,23H,13-15,27H2,1H3,(H,31,32)(H,28,29,30). The van der Waals surface area contributed by atoms with Crippen LogP contribution in [0, 0.1) is 11.2 Å². The van der Waals surface area contributed by atoms with Crippen molar-refractivity contribution in [1.82, 2.24) is 19.9 Å². The number of hydrogen-bond acceptors (Lipinski definition) is 7. The molecule has 4 N–H and O–H groups in total. The minimum absolute atomic E-state index is 0.240. The van der Waals surface area contributed by atoms with Crippen molar-refractivity contribution in [2.75, 3.05) is 25.1 Å². The Kier molecular flexibility index (Phi) is 6.06. The molecule has 0 bridgehead atoms. The van der Waals surface area contributed by atoms with Gasteiger partial charge >= 0.3 is 0 Å². The summed E-state index contributed by atoms with van der Waals surface area (Å²) in [4.78, 5) is 17.1. The molecule has 1 aliphatic heterocycles. The summed E-state index contributed by atoms with van der Waals surface area (Å²) in [5.41, 5.74) is 9.10. The molecule has 1 fully saturated rings. The first-order valence-corrected chi connectivity index (χ1v) is 11.0. The number of H-pyrrole nitrogens is 1. The fourth-order valence-corrected chi connectivity index (χ4v) is 3.63. The second kappa shape index (κ2) is 9.30. The van der Waals surface area contributed by atoms with Crippen LogP contribution in [0.2, 0.25) is 0 Å². The van der Waals surface area contributed by atoms with Gasteiger partial charge in [0.1, 0.15) is 5.82 Å². The Morgan fingerprint density at radius 3 is 2.50 bits per heavy atom. The molecule has 0 radical (unpaired) electrons. The van der Waals surface area contributed by atoms with Gasteiger partial charge in [-0.2, -0.15) is 0 Å². The number of rotatable bonds is 6. The average Bonchev–Trinajstić information content (AvgIpc) is 3.31. The van der Waals surface area contributed by atoms with Gasteiger partial charge in [0.15, 0.2) is 5.82 Å². The van der Waals surface area contributed by atoms with Crippen LogP contribution in [0.1, 0.15) is 19.0 Å². The average molecular weight is 461 g/mol. The zero-order valence-electron chi connectivity index (χ0n) is 18.7. The number of nitrogens with one attached hydrogen (secondary N) is 2. The van der Waals surface area contributed by atoms with Gasteiger partial charge in [-0.25, -0.2) is 19.3 Å². The lowest BCUT2D eigenvalue weighted by atomic mass is 9.93. The summed E-state index contributed by atoms with van der Waals surface area (Å²) in [7, 11) is 0. The number of nitrogens with two attached hydrogens (primary N) is 1. The third-order valence-electron chi connectivity index (χ3n) is 5.66. The van der Waals surface area contributed by atoms with Crippen molar-refractivity contribution >= 4 is 11.6 Å². The van der Waals surface area contributed by atoms with Gasteiger partial charge < -0.3 is 25.5 Å². The second-order valence-electron chi connectivity index (χ2n) is 8.58. The number of aromatic nitrogens is 4. The van der Waals surface area contributed by atoms with E-state index in [0.29, 0.717) is 48.6 Å². The number of nitrogens with zero attached hydrogens (tertiary/aromatic N) is 3. The number of benzene rings is 2. The van der Waals surface area contributed by atoms with Gasteiger partial charge in [-0.1, -0.05) is 25.1 Å². The lowest BCUT2D eigenvalue weighted by molar-refractivity contribution is -0.231. The molecule has 9 heteroatoms. The third kappa shape index (κ3) is 4.67.